The van der Waals surface area contributed by atoms with Crippen LogP contribution in [0.4, 0.5) is 5.69 Å². The van der Waals surface area contributed by atoms with Crippen LogP contribution in [0, 0.1) is 5.92 Å². The molecule has 1 aliphatic heterocycles. The van der Waals surface area contributed by atoms with Crippen LogP contribution in [0.2, 0.25) is 0 Å². The first kappa shape index (κ1) is 18.9. The van der Waals surface area contributed by atoms with Crippen molar-refractivity contribution in [1.29, 1.82) is 0 Å². The standard InChI is InChI=1S/C20H29N3O3/c1-20(21)9-3-2-4-17(20)19(25)22-16-7-5-15(6-8-16)14-18(24)23-10-12-26-13-11-23/h5-8,17H,2-4,9-14,21H2,1H3,(H,22,25). The number of ether oxygens (including phenoxy) is 1. The number of rotatable bonds is 4. The topological polar surface area (TPSA) is 84.7 Å². The van der Waals surface area contributed by atoms with Crippen LogP contribution in [0.3, 0.4) is 0 Å². The first-order chi connectivity index (χ1) is 12.5. The number of morpholine rings is 1. The monoisotopic (exact) mass is 359 g/mol. The number of nitrogens with two attached hydrogens (primary N) is 1. The Bertz CT molecular complexity index is 636. The zero-order chi connectivity index (χ0) is 18.6. The van der Waals surface area contributed by atoms with E-state index >= 15 is 0 Å². The molecular weight excluding hydrogens is 330 g/mol. The Labute approximate surface area is 155 Å². The zero-order valence-electron chi connectivity index (χ0n) is 15.5. The fourth-order valence-electron chi connectivity index (χ4n) is 3.82. The minimum Gasteiger partial charge on any atom is -0.378 e. The van der Waals surface area contributed by atoms with Crippen molar-refractivity contribution in [3.63, 3.8) is 0 Å². The lowest BCUT2D eigenvalue weighted by atomic mass is 9.74. The highest BCUT2D eigenvalue weighted by Gasteiger charge is 2.37. The van der Waals surface area contributed by atoms with Gasteiger partial charge in [0, 0.05) is 24.3 Å². The predicted molar refractivity (Wildman–Crippen MR) is 101 cm³/mol. The van der Waals surface area contributed by atoms with Crippen molar-refractivity contribution in [2.45, 2.75) is 44.6 Å². The summed E-state index contributed by atoms with van der Waals surface area (Å²) in [4.78, 5) is 26.7. The lowest BCUT2D eigenvalue weighted by Crippen LogP contribution is -2.51. The van der Waals surface area contributed by atoms with Crippen LogP contribution in [0.5, 0.6) is 0 Å². The van der Waals surface area contributed by atoms with Crippen molar-refractivity contribution >= 4 is 17.5 Å². The number of nitrogens with zero attached hydrogens (tertiary/aromatic N) is 1. The molecule has 0 bridgehead atoms. The molecule has 6 heteroatoms. The number of carbonyl (C=O) groups is 2. The summed E-state index contributed by atoms with van der Waals surface area (Å²) >= 11 is 0. The van der Waals surface area contributed by atoms with Gasteiger partial charge in [-0.3, -0.25) is 9.59 Å². The maximum Gasteiger partial charge on any atom is 0.229 e. The van der Waals surface area contributed by atoms with Crippen LogP contribution in [-0.4, -0.2) is 48.6 Å². The Balaban J connectivity index is 1.55. The number of amides is 2. The van der Waals surface area contributed by atoms with Gasteiger partial charge in [0.05, 0.1) is 25.6 Å². The maximum atomic E-state index is 12.6. The number of carbonyl (C=O) groups excluding carboxylic acids is 2. The Morgan fingerprint density at radius 2 is 1.92 bits per heavy atom. The lowest BCUT2D eigenvalue weighted by molar-refractivity contribution is -0.134. The van der Waals surface area contributed by atoms with Gasteiger partial charge in [0.15, 0.2) is 0 Å². The lowest BCUT2D eigenvalue weighted by Gasteiger charge is -2.37. The van der Waals surface area contributed by atoms with Crippen LogP contribution in [0.25, 0.3) is 0 Å². The van der Waals surface area contributed by atoms with Crippen LogP contribution in [0.15, 0.2) is 24.3 Å². The van der Waals surface area contributed by atoms with Gasteiger partial charge >= 0.3 is 0 Å². The fraction of sp³-hybridized carbons (Fsp3) is 0.600. The second-order valence-corrected chi connectivity index (χ2v) is 7.66. The van der Waals surface area contributed by atoms with Gasteiger partial charge in [-0.25, -0.2) is 0 Å². The zero-order valence-corrected chi connectivity index (χ0v) is 15.5. The summed E-state index contributed by atoms with van der Waals surface area (Å²) in [5.74, 6) is -0.0446. The maximum absolute atomic E-state index is 12.6. The van der Waals surface area contributed by atoms with Crippen molar-refractivity contribution < 1.29 is 14.3 Å². The Kier molecular flexibility index (Phi) is 5.94. The Hall–Kier alpha value is -1.92. The molecule has 0 spiro atoms. The van der Waals surface area contributed by atoms with Gasteiger partial charge in [0.25, 0.3) is 0 Å². The summed E-state index contributed by atoms with van der Waals surface area (Å²) < 4.78 is 5.27. The highest BCUT2D eigenvalue weighted by atomic mass is 16.5. The molecule has 1 aromatic rings. The van der Waals surface area contributed by atoms with E-state index in [1.165, 1.54) is 0 Å². The molecule has 2 atom stereocenters. The molecule has 142 valence electrons. The van der Waals surface area contributed by atoms with Crippen molar-refractivity contribution in [3.8, 4) is 0 Å². The largest absolute Gasteiger partial charge is 0.378 e. The summed E-state index contributed by atoms with van der Waals surface area (Å²) in [5, 5.41) is 2.98. The summed E-state index contributed by atoms with van der Waals surface area (Å²) in [6.07, 6.45) is 4.23. The third-order valence-corrected chi connectivity index (χ3v) is 5.51. The van der Waals surface area contributed by atoms with E-state index in [0.29, 0.717) is 32.7 Å². The average molecular weight is 359 g/mol. The van der Waals surface area contributed by atoms with E-state index in [0.717, 1.165) is 36.9 Å². The molecule has 1 aromatic carbocycles. The van der Waals surface area contributed by atoms with E-state index in [1.54, 1.807) is 0 Å². The van der Waals surface area contributed by atoms with Crippen LogP contribution < -0.4 is 11.1 Å². The molecule has 26 heavy (non-hydrogen) atoms. The molecule has 3 rings (SSSR count). The first-order valence-corrected chi connectivity index (χ1v) is 9.50. The van der Waals surface area contributed by atoms with E-state index in [9.17, 15) is 9.59 Å². The quantitative estimate of drug-likeness (QED) is 0.860. The normalized spacial score (nSPS) is 26.4. The third kappa shape index (κ3) is 4.62. The van der Waals surface area contributed by atoms with Crippen LogP contribution >= 0.6 is 0 Å². The Morgan fingerprint density at radius 1 is 1.23 bits per heavy atom. The Morgan fingerprint density at radius 3 is 2.58 bits per heavy atom. The SMILES string of the molecule is CC1(N)CCCCC1C(=O)Nc1ccc(CC(=O)N2CCOCC2)cc1. The number of nitrogens with one attached hydrogen (secondary N) is 1. The van der Waals surface area contributed by atoms with Gasteiger partial charge in [-0.2, -0.15) is 0 Å². The molecule has 2 amide bonds. The summed E-state index contributed by atoms with van der Waals surface area (Å²) in [6, 6.07) is 7.51. The van der Waals surface area contributed by atoms with Crippen molar-refractivity contribution in [2.75, 3.05) is 31.6 Å². The predicted octanol–water partition coefficient (Wildman–Crippen LogP) is 1.93. The summed E-state index contributed by atoms with van der Waals surface area (Å²) in [5.41, 5.74) is 7.57. The number of anilines is 1. The smallest absolute Gasteiger partial charge is 0.229 e. The molecular formula is C20H29N3O3. The average Bonchev–Trinajstić information content (AvgIpc) is 2.63. The van der Waals surface area contributed by atoms with Crippen LogP contribution in [0.1, 0.15) is 38.2 Å². The molecule has 2 aliphatic rings. The van der Waals surface area contributed by atoms with Gasteiger partial charge in [-0.15, -0.1) is 0 Å². The molecule has 1 saturated heterocycles. The first-order valence-electron chi connectivity index (χ1n) is 9.50. The highest BCUT2D eigenvalue weighted by Crippen LogP contribution is 2.32. The molecule has 2 fully saturated rings. The molecule has 0 radical (unpaired) electrons. The van der Waals surface area contributed by atoms with Crippen molar-refractivity contribution in [2.24, 2.45) is 11.7 Å². The minimum absolute atomic E-state index is 0.00755. The molecule has 1 heterocycles. The molecule has 0 aromatic heterocycles. The second kappa shape index (κ2) is 8.18. The summed E-state index contributed by atoms with van der Waals surface area (Å²) in [6.45, 7) is 4.51. The van der Waals surface area contributed by atoms with Gasteiger partial charge in [-0.05, 0) is 37.5 Å². The molecule has 6 nitrogen and oxygen atoms in total. The second-order valence-electron chi connectivity index (χ2n) is 7.66. The van der Waals surface area contributed by atoms with E-state index in [2.05, 4.69) is 5.32 Å². The summed E-state index contributed by atoms with van der Waals surface area (Å²) in [7, 11) is 0. The van der Waals surface area contributed by atoms with E-state index < -0.39 is 5.54 Å². The van der Waals surface area contributed by atoms with Crippen molar-refractivity contribution in [1.82, 2.24) is 4.90 Å². The van der Waals surface area contributed by atoms with Gasteiger partial charge in [0.1, 0.15) is 0 Å². The van der Waals surface area contributed by atoms with Crippen LogP contribution in [-0.2, 0) is 20.7 Å². The third-order valence-electron chi connectivity index (χ3n) is 5.51. The van der Waals surface area contributed by atoms with Gasteiger partial charge in [-0.1, -0.05) is 25.0 Å². The van der Waals surface area contributed by atoms with Crippen molar-refractivity contribution in [3.05, 3.63) is 29.8 Å². The minimum atomic E-state index is -0.438. The van der Waals surface area contributed by atoms with Gasteiger partial charge in [0.2, 0.25) is 11.8 Å². The molecule has 2 unspecified atom stereocenters. The molecule has 1 saturated carbocycles. The molecule has 3 N–H and O–H groups in total. The van der Waals surface area contributed by atoms with E-state index in [1.807, 2.05) is 36.1 Å². The number of hydrogen-bond donors (Lipinski definition) is 2. The fourth-order valence-corrected chi connectivity index (χ4v) is 3.82. The highest BCUT2D eigenvalue weighted by molar-refractivity contribution is 5.93. The number of benzene rings is 1. The number of hydrogen-bond acceptors (Lipinski definition) is 4. The van der Waals surface area contributed by atoms with E-state index in [-0.39, 0.29) is 17.7 Å². The van der Waals surface area contributed by atoms with E-state index in [4.69, 9.17) is 10.5 Å². The van der Waals surface area contributed by atoms with Gasteiger partial charge < -0.3 is 20.7 Å². The molecule has 1 aliphatic carbocycles.